The summed E-state index contributed by atoms with van der Waals surface area (Å²) in [5, 5.41) is 10.3. The predicted molar refractivity (Wildman–Crippen MR) is 112 cm³/mol. The van der Waals surface area contributed by atoms with Crippen LogP contribution in [0, 0.1) is 0 Å². The summed E-state index contributed by atoms with van der Waals surface area (Å²) < 4.78 is 52.6. The van der Waals surface area contributed by atoms with Crippen LogP contribution in [-0.2, 0) is 12.7 Å². The van der Waals surface area contributed by atoms with Gasteiger partial charge >= 0.3 is 6.18 Å². The van der Waals surface area contributed by atoms with E-state index in [-0.39, 0.29) is 34.6 Å². The van der Waals surface area contributed by atoms with Gasteiger partial charge in [-0.3, -0.25) is 4.79 Å². The van der Waals surface area contributed by atoms with E-state index < -0.39 is 23.1 Å². The zero-order valence-electron chi connectivity index (χ0n) is 16.4. The van der Waals surface area contributed by atoms with Gasteiger partial charge in [0.15, 0.2) is 5.58 Å². The third-order valence-corrected chi connectivity index (χ3v) is 6.05. The monoisotopic (exact) mass is 498 g/mol. The van der Waals surface area contributed by atoms with Crippen molar-refractivity contribution in [3.05, 3.63) is 62.4 Å². The largest absolute Gasteiger partial charge is 0.507 e. The number of phenols is 1. The van der Waals surface area contributed by atoms with Crippen LogP contribution in [0.2, 0.25) is 0 Å². The lowest BCUT2D eigenvalue weighted by Gasteiger charge is -2.24. The first kappa shape index (κ1) is 21.7. The maximum atomic E-state index is 13.9. The van der Waals surface area contributed by atoms with Crippen LogP contribution >= 0.6 is 15.9 Å². The minimum absolute atomic E-state index is 0.0522. The first-order valence-electron chi connectivity index (χ1n) is 9.90. The van der Waals surface area contributed by atoms with E-state index in [1.165, 1.54) is 18.2 Å². The Morgan fingerprint density at radius 1 is 1.10 bits per heavy atom. The van der Waals surface area contributed by atoms with E-state index in [0.29, 0.717) is 4.47 Å². The lowest BCUT2D eigenvalue weighted by molar-refractivity contribution is -0.918. The number of alkyl halides is 3. The quantitative estimate of drug-likeness (QED) is 0.549. The van der Waals surface area contributed by atoms with Crippen LogP contribution in [0.4, 0.5) is 13.2 Å². The topological polar surface area (TPSA) is 64.1 Å². The van der Waals surface area contributed by atoms with Crippen molar-refractivity contribution in [2.45, 2.75) is 32.0 Å². The number of benzene rings is 2. The van der Waals surface area contributed by atoms with Crippen LogP contribution in [0.3, 0.4) is 0 Å². The number of nitrogens with one attached hydrogen (secondary N) is 1. The van der Waals surface area contributed by atoms with Gasteiger partial charge < -0.3 is 19.2 Å². The van der Waals surface area contributed by atoms with Gasteiger partial charge in [0.05, 0.1) is 28.5 Å². The van der Waals surface area contributed by atoms with Crippen molar-refractivity contribution in [1.29, 1.82) is 0 Å². The molecule has 31 heavy (non-hydrogen) atoms. The second-order valence-corrected chi connectivity index (χ2v) is 8.40. The van der Waals surface area contributed by atoms with E-state index in [0.717, 1.165) is 37.3 Å². The summed E-state index contributed by atoms with van der Waals surface area (Å²) in [7, 11) is 0. The number of fused-ring (bicyclic) bond motifs is 1. The molecule has 1 fully saturated rings. The molecule has 0 unspecified atom stereocenters. The van der Waals surface area contributed by atoms with Gasteiger partial charge in [0, 0.05) is 0 Å². The van der Waals surface area contributed by atoms with Gasteiger partial charge in [0.1, 0.15) is 18.0 Å². The second-order valence-electron chi connectivity index (χ2n) is 7.55. The standard InChI is InChI=1S/C22H19BrF3NO4/c23-15-6-2-3-7-17(15)30-20-18(29)13-8-9-16(28)14(12-27-10-4-1-5-11-27)19(13)31-21(20)22(24,25)26/h2-3,6-9,28H,1,4-5,10-12H2/p+1. The maximum absolute atomic E-state index is 13.9. The van der Waals surface area contributed by atoms with Gasteiger partial charge in [0.25, 0.3) is 5.76 Å². The molecule has 0 radical (unpaired) electrons. The number of likely N-dealkylation sites (tertiary alicyclic amines) is 1. The Morgan fingerprint density at radius 3 is 2.48 bits per heavy atom. The van der Waals surface area contributed by atoms with Gasteiger partial charge in [-0.2, -0.15) is 13.2 Å². The number of aromatic hydroxyl groups is 1. The van der Waals surface area contributed by atoms with Crippen molar-refractivity contribution in [2.24, 2.45) is 0 Å². The molecule has 1 saturated heterocycles. The van der Waals surface area contributed by atoms with Gasteiger partial charge in [-0.15, -0.1) is 0 Å². The zero-order chi connectivity index (χ0) is 22.2. The molecular weight excluding hydrogens is 479 g/mol. The molecule has 0 saturated carbocycles. The molecule has 1 aliphatic heterocycles. The number of hydrogen-bond acceptors (Lipinski definition) is 4. The molecule has 4 rings (SSSR count). The van der Waals surface area contributed by atoms with Gasteiger partial charge in [-0.05, 0) is 59.5 Å². The number of ether oxygens (including phenoxy) is 1. The Hall–Kier alpha value is -2.52. The van der Waals surface area contributed by atoms with Crippen LogP contribution in [0.5, 0.6) is 17.2 Å². The van der Waals surface area contributed by atoms with E-state index in [1.54, 1.807) is 18.2 Å². The number of para-hydroxylation sites is 1. The molecule has 1 aromatic heterocycles. The molecule has 2 aromatic carbocycles. The van der Waals surface area contributed by atoms with Crippen molar-refractivity contribution in [1.82, 2.24) is 0 Å². The molecule has 0 bridgehead atoms. The molecule has 3 aromatic rings. The highest BCUT2D eigenvalue weighted by Crippen LogP contribution is 2.40. The molecule has 2 heterocycles. The lowest BCUT2D eigenvalue weighted by Crippen LogP contribution is -3.11. The molecule has 1 aliphatic rings. The molecule has 0 spiro atoms. The number of piperidine rings is 1. The highest BCUT2D eigenvalue weighted by atomic mass is 79.9. The highest BCUT2D eigenvalue weighted by Gasteiger charge is 2.41. The van der Waals surface area contributed by atoms with E-state index in [1.807, 2.05) is 0 Å². The van der Waals surface area contributed by atoms with Crippen LogP contribution in [-0.4, -0.2) is 18.2 Å². The summed E-state index contributed by atoms with van der Waals surface area (Å²) in [6.07, 6.45) is -1.86. The van der Waals surface area contributed by atoms with Gasteiger partial charge in [0.2, 0.25) is 11.2 Å². The molecule has 5 nitrogen and oxygen atoms in total. The molecule has 164 valence electrons. The van der Waals surface area contributed by atoms with Gasteiger partial charge in [-0.1, -0.05) is 12.1 Å². The summed E-state index contributed by atoms with van der Waals surface area (Å²) >= 11 is 3.20. The van der Waals surface area contributed by atoms with Gasteiger partial charge in [-0.25, -0.2) is 0 Å². The molecule has 0 atom stereocenters. The molecule has 9 heteroatoms. The summed E-state index contributed by atoms with van der Waals surface area (Å²) in [5.41, 5.74) is -1.00. The summed E-state index contributed by atoms with van der Waals surface area (Å²) in [4.78, 5) is 14.2. The van der Waals surface area contributed by atoms with Crippen molar-refractivity contribution in [3.63, 3.8) is 0 Å². The number of rotatable bonds is 4. The van der Waals surface area contributed by atoms with Crippen molar-refractivity contribution in [2.75, 3.05) is 13.1 Å². The fourth-order valence-electron chi connectivity index (χ4n) is 3.85. The van der Waals surface area contributed by atoms with Crippen LogP contribution in [0.25, 0.3) is 11.0 Å². The Labute approximate surface area is 184 Å². The summed E-state index contributed by atoms with van der Waals surface area (Å²) in [6, 6.07) is 8.85. The van der Waals surface area contributed by atoms with E-state index >= 15 is 0 Å². The number of phenolic OH excluding ortho intramolecular Hbond substituents is 1. The normalized spacial score (nSPS) is 15.4. The SMILES string of the molecule is O=c1c(Oc2ccccc2Br)c(C(F)(F)F)oc2c(C[NH+]3CCCCC3)c(O)ccc12. The van der Waals surface area contributed by atoms with Crippen LogP contribution < -0.4 is 15.1 Å². The van der Waals surface area contributed by atoms with Crippen molar-refractivity contribution < 1.29 is 32.3 Å². The molecule has 0 amide bonds. The fourth-order valence-corrected chi connectivity index (χ4v) is 4.22. The van der Waals surface area contributed by atoms with Crippen molar-refractivity contribution in [3.8, 4) is 17.2 Å². The maximum Gasteiger partial charge on any atom is 0.453 e. The Bertz CT molecular complexity index is 1170. The number of hydrogen-bond donors (Lipinski definition) is 2. The Balaban J connectivity index is 1.89. The first-order valence-corrected chi connectivity index (χ1v) is 10.7. The molecule has 0 aliphatic carbocycles. The number of quaternary nitrogens is 1. The Kier molecular flexibility index (Phi) is 5.98. The average Bonchev–Trinajstić information content (AvgIpc) is 2.73. The minimum Gasteiger partial charge on any atom is -0.507 e. The smallest absolute Gasteiger partial charge is 0.453 e. The summed E-state index contributed by atoms with van der Waals surface area (Å²) in [5.74, 6) is -2.60. The van der Waals surface area contributed by atoms with Crippen LogP contribution in [0.15, 0.2) is 50.1 Å². The third-order valence-electron chi connectivity index (χ3n) is 5.39. The van der Waals surface area contributed by atoms with E-state index in [2.05, 4.69) is 15.9 Å². The zero-order valence-corrected chi connectivity index (χ0v) is 18.0. The van der Waals surface area contributed by atoms with E-state index in [9.17, 15) is 23.1 Å². The van der Waals surface area contributed by atoms with E-state index in [4.69, 9.17) is 9.15 Å². The Morgan fingerprint density at radius 2 is 1.81 bits per heavy atom. The fraction of sp³-hybridized carbons (Fsp3) is 0.318. The second kappa shape index (κ2) is 8.55. The first-order chi connectivity index (χ1) is 14.8. The minimum atomic E-state index is -4.97. The summed E-state index contributed by atoms with van der Waals surface area (Å²) in [6.45, 7) is 1.96. The predicted octanol–water partition coefficient (Wildman–Crippen LogP) is 4.64. The number of halogens is 4. The molecular formula is C22H20BrF3NO4+. The lowest BCUT2D eigenvalue weighted by atomic mass is 10.1. The highest BCUT2D eigenvalue weighted by molar-refractivity contribution is 9.10. The average molecular weight is 499 g/mol. The van der Waals surface area contributed by atoms with Crippen molar-refractivity contribution >= 4 is 26.9 Å². The third kappa shape index (κ3) is 4.43. The van der Waals surface area contributed by atoms with Crippen LogP contribution in [0.1, 0.15) is 30.6 Å². The molecule has 2 N–H and O–H groups in total.